The van der Waals surface area contributed by atoms with Gasteiger partial charge >= 0.3 is 0 Å². The van der Waals surface area contributed by atoms with Crippen LogP contribution in [0.4, 0.5) is 0 Å². The minimum absolute atomic E-state index is 0.0752. The molecule has 0 spiro atoms. The van der Waals surface area contributed by atoms with Crippen LogP contribution >= 0.6 is 0 Å². The van der Waals surface area contributed by atoms with Gasteiger partial charge in [0.05, 0.1) is 59.5 Å². The molecule has 2 amide bonds. The van der Waals surface area contributed by atoms with E-state index in [1.807, 2.05) is 18.2 Å². The summed E-state index contributed by atoms with van der Waals surface area (Å²) in [5, 5.41) is 17.7. The normalized spacial score (nSPS) is 13.9. The third kappa shape index (κ3) is 29.3. The molecule has 1 aromatic carbocycles. The number of hydrogen-bond donors (Lipinski definition) is 3. The third-order valence-electron chi connectivity index (χ3n) is 27.0. The molecule has 13 nitrogen and oxygen atoms in total. The topological polar surface area (TPSA) is 152 Å². The maximum absolute atomic E-state index is 14.7. The molecule has 650 valence electrons. The number of rotatable bonds is 63. The lowest BCUT2D eigenvalue weighted by molar-refractivity contribution is -0.125. The van der Waals surface area contributed by atoms with Gasteiger partial charge in [-0.3, -0.25) is 9.59 Å². The van der Waals surface area contributed by atoms with Gasteiger partial charge in [-0.25, -0.2) is 0 Å². The summed E-state index contributed by atoms with van der Waals surface area (Å²) in [4.78, 5) is 29.3. The van der Waals surface area contributed by atoms with Crippen LogP contribution in [-0.4, -0.2) is 131 Å². The van der Waals surface area contributed by atoms with Crippen LogP contribution in [0.2, 0.25) is 99.7 Å². The Bertz CT molecular complexity index is 2330. The number of carbonyl (C=O) groups is 2. The van der Waals surface area contributed by atoms with Crippen molar-refractivity contribution in [1.82, 2.24) is 10.6 Å². The van der Waals surface area contributed by atoms with Gasteiger partial charge in [-0.15, -0.1) is 0 Å². The fourth-order valence-electron chi connectivity index (χ4n) is 21.9. The van der Waals surface area contributed by atoms with E-state index in [1.165, 1.54) is 0 Å². The highest BCUT2D eigenvalue weighted by Gasteiger charge is 2.55. The fourth-order valence-corrected chi connectivity index (χ4v) is 55.1. The number of ether oxygens (including phenoxy) is 2. The largest absolute Gasteiger partial charge is 0.493 e. The molecular weight excluding hydrogens is 1470 g/mol. The van der Waals surface area contributed by atoms with Crippen LogP contribution in [0.5, 0.6) is 11.5 Å². The van der Waals surface area contributed by atoms with Crippen LogP contribution in [0.3, 0.4) is 0 Å². The highest BCUT2D eigenvalue weighted by atomic mass is 28.4. The van der Waals surface area contributed by atoms with Gasteiger partial charge in [-0.2, -0.15) is 0 Å². The van der Waals surface area contributed by atoms with Crippen LogP contribution in [0.1, 0.15) is 370 Å². The van der Waals surface area contributed by atoms with E-state index in [1.54, 1.807) is 0 Å². The summed E-state index contributed by atoms with van der Waals surface area (Å²) in [6, 6.07) is 5.82. The number of aliphatic hydroxyl groups excluding tert-OH is 1. The molecule has 0 fully saturated rings. The summed E-state index contributed by atoms with van der Waals surface area (Å²) in [5.41, 5.74) is 6.31. The number of nitrogens with one attached hydrogen (secondary N) is 2. The molecule has 0 aliphatic carbocycles. The molecule has 0 aliphatic rings. The van der Waals surface area contributed by atoms with Gasteiger partial charge in [-0.1, -0.05) is 326 Å². The highest BCUT2D eigenvalue weighted by Crippen LogP contribution is 2.50. The van der Waals surface area contributed by atoms with E-state index in [2.05, 4.69) is 260 Å². The number of carbonyl (C=O) groups excluding carboxylic acids is 2. The van der Waals surface area contributed by atoms with Crippen molar-refractivity contribution in [2.24, 2.45) is 0 Å². The minimum atomic E-state index is -2.35. The Hall–Kier alpha value is -1.22. The Morgan fingerprint density at radius 1 is 0.291 bits per heavy atom. The Kier molecular flexibility index (Phi) is 49.2. The van der Waals surface area contributed by atoms with Crippen molar-refractivity contribution in [2.75, 3.05) is 52.9 Å². The van der Waals surface area contributed by atoms with Crippen molar-refractivity contribution < 1.29 is 50.7 Å². The molecule has 0 radical (unpaired) electrons. The van der Waals surface area contributed by atoms with Gasteiger partial charge in [0.15, 0.2) is 49.9 Å². The predicted molar refractivity (Wildman–Crippen MR) is 490 cm³/mol. The first-order valence-corrected chi connectivity index (χ1v) is 58.4. The van der Waals surface area contributed by atoms with Gasteiger partial charge < -0.3 is 51.8 Å². The molecule has 0 heterocycles. The van der Waals surface area contributed by atoms with Crippen LogP contribution in [-0.2, 0) is 42.8 Å². The maximum Gasteiger partial charge on any atom is 0.220 e. The van der Waals surface area contributed by atoms with E-state index < -0.39 is 61.0 Å². The molecule has 0 aromatic heterocycles. The summed E-state index contributed by atoms with van der Waals surface area (Å²) in [5.74, 6) is 1.63. The molecule has 0 saturated carbocycles. The Labute approximate surface area is 689 Å². The summed E-state index contributed by atoms with van der Waals surface area (Å²) < 4.78 is 58.0. The van der Waals surface area contributed by atoms with Gasteiger partial charge in [0.1, 0.15) is 22.6 Å². The zero-order chi connectivity index (χ0) is 84.6. The molecule has 19 heteroatoms. The molecular formula is C91H186N2O11Si6. The molecule has 0 aliphatic heterocycles. The monoisotopic (exact) mass is 1650 g/mol. The van der Waals surface area contributed by atoms with Crippen molar-refractivity contribution >= 4 is 61.7 Å². The average molecular weight is 1650 g/mol. The summed E-state index contributed by atoms with van der Waals surface area (Å²) in [7, 11) is -14.1. The lowest BCUT2D eigenvalue weighted by Crippen LogP contribution is -2.65. The quantitative estimate of drug-likeness (QED) is 0.0422. The van der Waals surface area contributed by atoms with E-state index in [0.717, 1.165) is 114 Å². The smallest absolute Gasteiger partial charge is 0.220 e. The van der Waals surface area contributed by atoms with Crippen molar-refractivity contribution in [3.8, 4) is 11.5 Å². The molecule has 3 N–H and O–H groups in total. The van der Waals surface area contributed by atoms with E-state index in [4.69, 9.17) is 36.0 Å². The summed E-state index contributed by atoms with van der Waals surface area (Å²) >= 11 is 0. The standard InChI is InChI=1S/C91H186N2O11Si6/c1-67(2)105(68(3)4,69(5)6)99-61-90(62-100-106(70(7)8,71(9)10)72(11)12,63-101-107(73(13)14,74(15)16)75(17)18)92-88(95)53-49-45-41-37-39-43-47-51-57-97-86-56-55-85(60-94)87(59-86)98-58-52-48-44-40-38-42-46-50-54-89(96)93-91(64-102-108(76(19)20,77(21)22)78(23)24,65-103-109(79(25)26,80(27)28)81(29)30)66-104-110(82(31)32,83(33)34)84(35)36/h55-56,59,67-84,94H,37-54,57-58,60-66H2,1-36H3,(H,92,95)(H,93,96). The number of amides is 2. The van der Waals surface area contributed by atoms with Crippen LogP contribution in [0.15, 0.2) is 18.2 Å². The number of unbranched alkanes of at least 4 members (excludes halogenated alkanes) is 14. The predicted octanol–water partition coefficient (Wildman–Crippen LogP) is 27.8. The fraction of sp³-hybridized carbons (Fsp3) is 0.912. The van der Waals surface area contributed by atoms with Gasteiger partial charge in [0, 0.05) is 24.5 Å². The van der Waals surface area contributed by atoms with Crippen molar-refractivity contribution in [3.05, 3.63) is 23.8 Å². The molecule has 0 unspecified atom stereocenters. The first-order chi connectivity index (χ1) is 51.1. The average Bonchev–Trinajstić information content (AvgIpc) is 0.776. The first kappa shape index (κ1) is 107. The van der Waals surface area contributed by atoms with Crippen LogP contribution < -0.4 is 20.1 Å². The number of aliphatic hydroxyl groups is 1. The number of benzene rings is 1. The zero-order valence-electron chi connectivity index (χ0n) is 79.2. The van der Waals surface area contributed by atoms with Crippen molar-refractivity contribution in [1.29, 1.82) is 0 Å². The first-order valence-electron chi connectivity index (χ1n) is 45.6. The lowest BCUT2D eigenvalue weighted by Gasteiger charge is -2.50. The maximum atomic E-state index is 14.7. The van der Waals surface area contributed by atoms with Gasteiger partial charge in [0.25, 0.3) is 0 Å². The van der Waals surface area contributed by atoms with E-state index in [9.17, 15) is 14.7 Å². The highest BCUT2D eigenvalue weighted by molar-refractivity contribution is 6.80. The Morgan fingerprint density at radius 3 is 0.682 bits per heavy atom. The van der Waals surface area contributed by atoms with Crippen LogP contribution in [0.25, 0.3) is 0 Å². The molecule has 0 atom stereocenters. The number of hydrogen-bond acceptors (Lipinski definition) is 11. The second-order valence-electron chi connectivity index (χ2n) is 40.1. The van der Waals surface area contributed by atoms with Crippen LogP contribution in [0, 0.1) is 0 Å². The third-order valence-corrected chi connectivity index (χ3v) is 63.3. The molecule has 0 saturated heterocycles. The second-order valence-corrected chi connectivity index (χ2v) is 72.8. The minimum Gasteiger partial charge on any atom is -0.493 e. The van der Waals surface area contributed by atoms with E-state index >= 15 is 0 Å². The molecule has 1 rings (SSSR count). The van der Waals surface area contributed by atoms with E-state index in [0.29, 0.717) is 171 Å². The zero-order valence-corrected chi connectivity index (χ0v) is 85.2. The summed E-state index contributed by atoms with van der Waals surface area (Å²) in [6.45, 7) is 88.1. The van der Waals surface area contributed by atoms with Crippen molar-refractivity contribution in [3.63, 3.8) is 0 Å². The van der Waals surface area contributed by atoms with Crippen molar-refractivity contribution in [2.45, 2.75) is 482 Å². The molecule has 1 aromatic rings. The Balaban J connectivity index is 3.00. The lowest BCUT2D eigenvalue weighted by atomic mass is 10.0. The molecule has 0 bridgehead atoms. The Morgan fingerprint density at radius 2 is 0.482 bits per heavy atom. The molecule has 110 heavy (non-hydrogen) atoms. The second kappa shape index (κ2) is 50.6. The van der Waals surface area contributed by atoms with E-state index in [-0.39, 0.29) is 18.4 Å². The summed E-state index contributed by atoms with van der Waals surface area (Å²) in [6.07, 6.45) is 17.8. The van der Waals surface area contributed by atoms with Gasteiger partial charge in [-0.05, 0) is 138 Å². The SMILES string of the molecule is CC(C)[Si](OCC(CO[Si](C(C)C)(C(C)C)C(C)C)(CO[Si](C(C)C)(C(C)C)C(C)C)NC(=O)CCCCCCCCCCOc1ccc(CO)c(OCCCCCCCCCCC(=O)NC(CO[Si](C(C)C)(C(C)C)C(C)C)(CO[Si](C(C)C)(C(C)C)C(C)C)CO[Si](C(C)C)(C(C)C)C(C)C)c1)(C(C)C)C(C)C. The van der Waals surface area contributed by atoms with Gasteiger partial charge in [0.2, 0.25) is 11.8 Å².